The lowest BCUT2D eigenvalue weighted by molar-refractivity contribution is -0.384. The number of hydrogen-bond acceptors (Lipinski definition) is 6. The van der Waals surface area contributed by atoms with Gasteiger partial charge in [-0.15, -0.1) is 11.3 Å². The number of hydrogen-bond donors (Lipinski definition) is 1. The second-order valence-corrected chi connectivity index (χ2v) is 8.02. The molecule has 0 aliphatic heterocycles. The van der Waals surface area contributed by atoms with Crippen LogP contribution in [0.1, 0.15) is 15.4 Å². The molecule has 2 aromatic carbocycles. The normalized spacial score (nSPS) is 11.3. The fourth-order valence-corrected chi connectivity index (χ4v) is 3.92. The summed E-state index contributed by atoms with van der Waals surface area (Å²) in [5.74, 6) is 0.585. The zero-order valence-electron chi connectivity index (χ0n) is 15.0. The van der Waals surface area contributed by atoms with Crippen LogP contribution in [0.2, 0.25) is 10.0 Å². The number of nitrogens with one attached hydrogen (secondary N) is 1. The molecule has 2 aromatic heterocycles. The number of furan rings is 1. The number of halogens is 2. The molecule has 0 aliphatic carbocycles. The lowest BCUT2D eigenvalue weighted by atomic mass is 10.2. The van der Waals surface area contributed by atoms with Crippen molar-refractivity contribution in [1.82, 2.24) is 5.43 Å². The maximum Gasteiger partial charge on any atom is 0.281 e. The fraction of sp³-hybridized carbons (Fsp3) is 0. The van der Waals surface area contributed by atoms with Gasteiger partial charge in [0.2, 0.25) is 0 Å². The first kappa shape index (κ1) is 20.1. The Morgan fingerprint density at radius 1 is 1.10 bits per heavy atom. The summed E-state index contributed by atoms with van der Waals surface area (Å²) >= 11 is 13.2. The van der Waals surface area contributed by atoms with Gasteiger partial charge in [-0.05, 0) is 42.5 Å². The summed E-state index contributed by atoms with van der Waals surface area (Å²) < 4.78 is 6.44. The van der Waals surface area contributed by atoms with E-state index >= 15 is 0 Å². The van der Waals surface area contributed by atoms with Crippen molar-refractivity contribution in [1.29, 1.82) is 0 Å². The van der Waals surface area contributed by atoms with Crippen LogP contribution in [-0.2, 0) is 0 Å². The number of nitrogens with zero attached hydrogens (tertiary/aromatic N) is 2. The highest BCUT2D eigenvalue weighted by Gasteiger charge is 2.13. The Morgan fingerprint density at radius 3 is 2.70 bits per heavy atom. The number of fused-ring (bicyclic) bond motifs is 1. The van der Waals surface area contributed by atoms with E-state index in [1.54, 1.807) is 42.5 Å². The van der Waals surface area contributed by atoms with Gasteiger partial charge in [0.15, 0.2) is 0 Å². The molecule has 0 bridgehead atoms. The maximum atomic E-state index is 12.3. The molecular weight excluding hydrogens is 449 g/mol. The molecule has 30 heavy (non-hydrogen) atoms. The molecule has 150 valence electrons. The van der Waals surface area contributed by atoms with Gasteiger partial charge in [0, 0.05) is 27.8 Å². The summed E-state index contributed by atoms with van der Waals surface area (Å²) in [6.07, 6.45) is 1.37. The van der Waals surface area contributed by atoms with Crippen molar-refractivity contribution in [3.8, 4) is 11.3 Å². The number of benzene rings is 2. The largest absolute Gasteiger partial charge is 0.455 e. The van der Waals surface area contributed by atoms with Crippen LogP contribution in [0.4, 0.5) is 5.69 Å². The van der Waals surface area contributed by atoms with E-state index in [0.717, 1.165) is 10.3 Å². The van der Waals surface area contributed by atoms with Gasteiger partial charge in [-0.25, -0.2) is 5.43 Å². The van der Waals surface area contributed by atoms with Crippen LogP contribution in [0.15, 0.2) is 64.1 Å². The molecule has 0 spiro atoms. The summed E-state index contributed by atoms with van der Waals surface area (Å²) in [5, 5.41) is 16.3. The highest BCUT2D eigenvalue weighted by atomic mass is 35.5. The van der Waals surface area contributed by atoms with Crippen LogP contribution in [0.5, 0.6) is 0 Å². The van der Waals surface area contributed by atoms with E-state index in [9.17, 15) is 14.9 Å². The van der Waals surface area contributed by atoms with Gasteiger partial charge in [-0.1, -0.05) is 23.2 Å². The molecule has 0 saturated carbocycles. The molecule has 0 fully saturated rings. The van der Waals surface area contributed by atoms with Gasteiger partial charge in [0.05, 0.1) is 26.1 Å². The number of non-ortho nitro benzene ring substituents is 1. The molecule has 0 radical (unpaired) electrons. The van der Waals surface area contributed by atoms with Gasteiger partial charge < -0.3 is 4.42 Å². The molecule has 0 atom stereocenters. The first-order chi connectivity index (χ1) is 14.4. The first-order valence-electron chi connectivity index (χ1n) is 8.47. The average molecular weight is 460 g/mol. The summed E-state index contributed by atoms with van der Waals surface area (Å²) in [6.45, 7) is 0. The van der Waals surface area contributed by atoms with E-state index in [1.165, 1.54) is 29.7 Å². The second-order valence-electron chi connectivity index (χ2n) is 6.12. The third kappa shape index (κ3) is 4.20. The minimum Gasteiger partial charge on any atom is -0.455 e. The van der Waals surface area contributed by atoms with Crippen LogP contribution in [0, 0.1) is 10.1 Å². The van der Waals surface area contributed by atoms with Gasteiger partial charge in [0.25, 0.3) is 11.6 Å². The van der Waals surface area contributed by atoms with E-state index in [-0.39, 0.29) is 5.69 Å². The van der Waals surface area contributed by atoms with E-state index in [1.807, 2.05) is 0 Å². The summed E-state index contributed by atoms with van der Waals surface area (Å²) in [5.41, 5.74) is 3.15. The summed E-state index contributed by atoms with van der Waals surface area (Å²) in [6, 6.07) is 14.6. The highest BCUT2D eigenvalue weighted by Crippen LogP contribution is 2.30. The number of carbonyl (C=O) groups is 1. The topological polar surface area (TPSA) is 97.7 Å². The van der Waals surface area contributed by atoms with E-state index in [2.05, 4.69) is 10.5 Å². The number of thiophene rings is 1. The third-order valence-electron chi connectivity index (χ3n) is 4.12. The quantitative estimate of drug-likeness (QED) is 0.220. The zero-order valence-corrected chi connectivity index (χ0v) is 17.3. The maximum absolute atomic E-state index is 12.3. The van der Waals surface area contributed by atoms with Crippen LogP contribution in [-0.4, -0.2) is 17.0 Å². The molecule has 0 aliphatic rings. The Hall–Kier alpha value is -3.20. The lowest BCUT2D eigenvalue weighted by Crippen LogP contribution is -2.15. The molecule has 4 rings (SSSR count). The van der Waals surface area contributed by atoms with E-state index < -0.39 is 10.8 Å². The number of nitro groups is 1. The predicted molar refractivity (Wildman–Crippen MR) is 118 cm³/mol. The van der Waals surface area contributed by atoms with Crippen LogP contribution >= 0.6 is 34.5 Å². The van der Waals surface area contributed by atoms with Gasteiger partial charge in [0.1, 0.15) is 11.5 Å². The van der Waals surface area contributed by atoms with Crippen molar-refractivity contribution < 1.29 is 14.1 Å². The molecule has 0 saturated heterocycles. The van der Waals surface area contributed by atoms with E-state index in [4.69, 9.17) is 27.6 Å². The third-order valence-corrected chi connectivity index (χ3v) is 5.98. The molecule has 7 nitrogen and oxygen atoms in total. The number of rotatable bonds is 5. The number of amides is 1. The molecule has 2 heterocycles. The molecule has 1 N–H and O–H groups in total. The van der Waals surface area contributed by atoms with E-state index in [0.29, 0.717) is 31.8 Å². The Morgan fingerprint density at radius 2 is 1.93 bits per heavy atom. The van der Waals surface area contributed by atoms with Crippen molar-refractivity contribution >= 4 is 62.4 Å². The SMILES string of the molecule is O=C(NN=Cc1ccc(-c2ccc(Cl)c(Cl)c2)o1)c1cc2cc([N+](=O)[O-])ccc2s1. The Labute approximate surface area is 183 Å². The molecular formula is C20H11Cl2N3O4S. The van der Waals surface area contributed by atoms with Crippen molar-refractivity contribution in [2.75, 3.05) is 0 Å². The first-order valence-corrected chi connectivity index (χ1v) is 10.0. The number of carbonyl (C=O) groups excluding carboxylic acids is 1. The molecule has 10 heteroatoms. The standard InChI is InChI=1S/C20H11Cl2N3O4S/c21-15-4-1-11(8-16(15)22)17-5-3-14(29-17)10-23-24-20(26)19-9-12-7-13(25(27)28)2-6-18(12)30-19/h1-10H,(H,24,26). The van der Waals surface area contributed by atoms with Crippen LogP contribution in [0.25, 0.3) is 21.4 Å². The molecule has 0 unspecified atom stereocenters. The second kappa shape index (κ2) is 8.27. The predicted octanol–water partition coefficient (Wildman–Crippen LogP) is 6.14. The van der Waals surface area contributed by atoms with Gasteiger partial charge in [-0.3, -0.25) is 14.9 Å². The summed E-state index contributed by atoms with van der Waals surface area (Å²) in [7, 11) is 0. The highest BCUT2D eigenvalue weighted by molar-refractivity contribution is 7.20. The molecule has 1 amide bonds. The van der Waals surface area contributed by atoms with Crippen molar-refractivity contribution in [3.63, 3.8) is 0 Å². The lowest BCUT2D eigenvalue weighted by Gasteiger charge is -1.99. The smallest absolute Gasteiger partial charge is 0.281 e. The number of hydrazone groups is 1. The van der Waals surface area contributed by atoms with Crippen molar-refractivity contribution in [3.05, 3.63) is 85.4 Å². The van der Waals surface area contributed by atoms with Gasteiger partial charge in [-0.2, -0.15) is 5.10 Å². The monoisotopic (exact) mass is 459 g/mol. The fourth-order valence-electron chi connectivity index (χ4n) is 2.69. The van der Waals surface area contributed by atoms with Crippen molar-refractivity contribution in [2.24, 2.45) is 5.10 Å². The number of nitro benzene ring substituents is 1. The molecule has 4 aromatic rings. The van der Waals surface area contributed by atoms with Crippen LogP contribution in [0.3, 0.4) is 0 Å². The Bertz CT molecular complexity index is 1310. The minimum absolute atomic E-state index is 0.0270. The van der Waals surface area contributed by atoms with Gasteiger partial charge >= 0.3 is 0 Å². The minimum atomic E-state index is -0.475. The Kier molecular flexibility index (Phi) is 5.54. The summed E-state index contributed by atoms with van der Waals surface area (Å²) in [4.78, 5) is 23.1. The van der Waals surface area contributed by atoms with Crippen LogP contribution < -0.4 is 5.43 Å². The Balaban J connectivity index is 1.45. The van der Waals surface area contributed by atoms with Crippen molar-refractivity contribution in [2.45, 2.75) is 0 Å². The zero-order chi connectivity index (χ0) is 21.3. The average Bonchev–Trinajstić information content (AvgIpc) is 3.36.